The number of benzene rings is 3. The Morgan fingerprint density at radius 1 is 0.947 bits per heavy atom. The highest BCUT2D eigenvalue weighted by Gasteiger charge is 2.18. The fraction of sp³-hybridized carbons (Fsp3) is 0.321. The largest absolute Gasteiger partial charge is 0.455 e. The fourth-order valence-electron chi connectivity index (χ4n) is 4.29. The van der Waals surface area contributed by atoms with Crippen LogP contribution in [-0.4, -0.2) is 34.0 Å². The molecule has 0 radical (unpaired) electrons. The SMILES string of the molecule is Cl.O=C(NCCCCC1CCNCC1)c1ccc(S(=O)(=O)Nc2ccccc2Oc2ccc(Br)cc2)cc1. The molecule has 204 valence electrons. The molecule has 1 aliphatic rings. The summed E-state index contributed by atoms with van der Waals surface area (Å²) in [7, 11) is -3.89. The van der Waals surface area contributed by atoms with E-state index in [4.69, 9.17) is 4.74 Å². The van der Waals surface area contributed by atoms with E-state index in [9.17, 15) is 13.2 Å². The monoisotopic (exact) mass is 621 g/mol. The maximum absolute atomic E-state index is 13.0. The molecule has 7 nitrogen and oxygen atoms in total. The van der Waals surface area contributed by atoms with Crippen molar-refractivity contribution in [1.82, 2.24) is 10.6 Å². The molecule has 3 aromatic rings. The van der Waals surface area contributed by atoms with Crippen molar-refractivity contribution < 1.29 is 17.9 Å². The van der Waals surface area contributed by atoms with Gasteiger partial charge >= 0.3 is 0 Å². The number of hydrogen-bond donors (Lipinski definition) is 3. The van der Waals surface area contributed by atoms with Crippen molar-refractivity contribution in [2.45, 2.75) is 37.0 Å². The number of carbonyl (C=O) groups excluding carboxylic acids is 1. The van der Waals surface area contributed by atoms with Gasteiger partial charge in [0, 0.05) is 16.6 Å². The Labute approximate surface area is 239 Å². The van der Waals surface area contributed by atoms with Crippen LogP contribution in [0.5, 0.6) is 11.5 Å². The van der Waals surface area contributed by atoms with Crippen molar-refractivity contribution in [2.75, 3.05) is 24.4 Å². The number of amides is 1. The first-order valence-corrected chi connectivity index (χ1v) is 14.8. The second-order valence-corrected chi connectivity index (χ2v) is 11.7. The van der Waals surface area contributed by atoms with Crippen LogP contribution in [0.3, 0.4) is 0 Å². The van der Waals surface area contributed by atoms with Crippen LogP contribution in [0.15, 0.2) is 82.2 Å². The first-order chi connectivity index (χ1) is 17.9. The van der Waals surface area contributed by atoms with Crippen LogP contribution in [0, 0.1) is 5.92 Å². The van der Waals surface area contributed by atoms with Crippen LogP contribution in [-0.2, 0) is 10.0 Å². The number of carbonyl (C=O) groups is 1. The second-order valence-electron chi connectivity index (χ2n) is 9.13. The molecule has 4 rings (SSSR count). The summed E-state index contributed by atoms with van der Waals surface area (Å²) in [5.41, 5.74) is 0.744. The van der Waals surface area contributed by atoms with Crippen molar-refractivity contribution in [2.24, 2.45) is 5.92 Å². The summed E-state index contributed by atoms with van der Waals surface area (Å²) in [4.78, 5) is 12.6. The summed E-state index contributed by atoms with van der Waals surface area (Å²) >= 11 is 3.38. The van der Waals surface area contributed by atoms with Gasteiger partial charge in [0.1, 0.15) is 5.75 Å². The summed E-state index contributed by atoms with van der Waals surface area (Å²) in [6.07, 6.45) is 5.71. The highest BCUT2D eigenvalue weighted by molar-refractivity contribution is 9.10. The van der Waals surface area contributed by atoms with E-state index in [1.54, 1.807) is 36.4 Å². The fourth-order valence-corrected chi connectivity index (χ4v) is 5.63. The van der Waals surface area contributed by atoms with Gasteiger partial charge in [-0.05, 0) is 98.9 Å². The average molecular weight is 623 g/mol. The van der Waals surface area contributed by atoms with Crippen molar-refractivity contribution in [3.8, 4) is 11.5 Å². The number of para-hydroxylation sites is 2. The molecule has 0 bridgehead atoms. The van der Waals surface area contributed by atoms with Gasteiger partial charge < -0.3 is 15.4 Å². The van der Waals surface area contributed by atoms with Gasteiger partial charge in [-0.25, -0.2) is 8.42 Å². The van der Waals surface area contributed by atoms with Gasteiger partial charge in [0.15, 0.2) is 5.75 Å². The van der Waals surface area contributed by atoms with Crippen molar-refractivity contribution in [3.05, 3.63) is 82.8 Å². The maximum atomic E-state index is 13.0. The molecule has 0 unspecified atom stereocenters. The summed E-state index contributed by atoms with van der Waals surface area (Å²) < 4.78 is 35.4. The number of ether oxygens (including phenoxy) is 1. The lowest BCUT2D eigenvalue weighted by molar-refractivity contribution is 0.0952. The first-order valence-electron chi connectivity index (χ1n) is 12.5. The van der Waals surface area contributed by atoms with Crippen LogP contribution >= 0.6 is 28.3 Å². The number of piperidine rings is 1. The molecular weight excluding hydrogens is 590 g/mol. The number of rotatable bonds is 11. The van der Waals surface area contributed by atoms with E-state index in [1.807, 2.05) is 12.1 Å². The number of anilines is 1. The normalized spacial score (nSPS) is 13.8. The van der Waals surface area contributed by atoms with Gasteiger partial charge in [-0.1, -0.05) is 40.9 Å². The van der Waals surface area contributed by atoms with Gasteiger partial charge in [0.2, 0.25) is 0 Å². The Morgan fingerprint density at radius 2 is 1.63 bits per heavy atom. The number of unbranched alkanes of at least 4 members (excludes halogenated alkanes) is 1. The van der Waals surface area contributed by atoms with Crippen LogP contribution in [0.4, 0.5) is 5.69 Å². The highest BCUT2D eigenvalue weighted by Crippen LogP contribution is 2.31. The third kappa shape index (κ3) is 8.73. The lowest BCUT2D eigenvalue weighted by Crippen LogP contribution is -2.28. The maximum Gasteiger partial charge on any atom is 0.262 e. The number of nitrogens with one attached hydrogen (secondary N) is 3. The molecule has 10 heteroatoms. The van der Waals surface area contributed by atoms with Gasteiger partial charge in [0.05, 0.1) is 10.6 Å². The number of halogens is 2. The second kappa shape index (κ2) is 14.5. The summed E-state index contributed by atoms with van der Waals surface area (Å²) in [5, 5.41) is 6.31. The lowest BCUT2D eigenvalue weighted by Gasteiger charge is -2.22. The van der Waals surface area contributed by atoms with Gasteiger partial charge in [0.25, 0.3) is 15.9 Å². The molecule has 1 amide bonds. The zero-order valence-corrected chi connectivity index (χ0v) is 24.2. The summed E-state index contributed by atoms with van der Waals surface area (Å²) in [5.74, 6) is 1.55. The minimum Gasteiger partial charge on any atom is -0.455 e. The zero-order valence-electron chi connectivity index (χ0n) is 21.0. The molecule has 1 heterocycles. The quantitative estimate of drug-likeness (QED) is 0.216. The molecule has 1 fully saturated rings. The Hall–Kier alpha value is -2.59. The molecule has 1 saturated heterocycles. The van der Waals surface area contributed by atoms with Gasteiger partial charge in [-0.15, -0.1) is 12.4 Å². The number of sulfonamides is 1. The minimum atomic E-state index is -3.89. The van der Waals surface area contributed by atoms with Crippen LogP contribution in [0.25, 0.3) is 0 Å². The molecule has 38 heavy (non-hydrogen) atoms. The smallest absolute Gasteiger partial charge is 0.262 e. The lowest BCUT2D eigenvalue weighted by atomic mass is 9.92. The average Bonchev–Trinajstić information content (AvgIpc) is 2.91. The van der Waals surface area contributed by atoms with E-state index in [1.165, 1.54) is 43.5 Å². The van der Waals surface area contributed by atoms with Crippen molar-refractivity contribution >= 4 is 50.0 Å². The highest BCUT2D eigenvalue weighted by atomic mass is 79.9. The Balaban J connectivity index is 0.00000400. The predicted molar refractivity (Wildman–Crippen MR) is 157 cm³/mol. The van der Waals surface area contributed by atoms with Crippen LogP contribution in [0.1, 0.15) is 42.5 Å². The molecule has 0 saturated carbocycles. The van der Waals surface area contributed by atoms with E-state index in [-0.39, 0.29) is 23.2 Å². The third-order valence-electron chi connectivity index (χ3n) is 6.38. The summed E-state index contributed by atoms with van der Waals surface area (Å²) in [6.45, 7) is 2.82. The molecule has 0 atom stereocenters. The van der Waals surface area contributed by atoms with Gasteiger partial charge in [-0.3, -0.25) is 9.52 Å². The molecule has 0 aliphatic carbocycles. The van der Waals surface area contributed by atoms with E-state index >= 15 is 0 Å². The van der Waals surface area contributed by atoms with Crippen molar-refractivity contribution in [3.63, 3.8) is 0 Å². The molecule has 3 aromatic carbocycles. The van der Waals surface area contributed by atoms with Crippen LogP contribution in [0.2, 0.25) is 0 Å². The molecule has 1 aliphatic heterocycles. The van der Waals surface area contributed by atoms with E-state index in [0.29, 0.717) is 29.3 Å². The number of hydrogen-bond acceptors (Lipinski definition) is 5. The van der Waals surface area contributed by atoms with Gasteiger partial charge in [-0.2, -0.15) is 0 Å². The summed E-state index contributed by atoms with van der Waals surface area (Å²) in [6, 6.07) is 20.0. The Bertz CT molecular complexity index is 1280. The van der Waals surface area contributed by atoms with Crippen LogP contribution < -0.4 is 20.1 Å². The molecule has 0 aromatic heterocycles. The molecule has 0 spiro atoms. The van der Waals surface area contributed by atoms with E-state index in [2.05, 4.69) is 31.3 Å². The first kappa shape index (κ1) is 30.0. The molecular formula is C28H33BrClN3O4S. The topological polar surface area (TPSA) is 96.5 Å². The predicted octanol–water partition coefficient (Wildman–Crippen LogP) is 6.36. The van der Waals surface area contributed by atoms with E-state index in [0.717, 1.165) is 36.3 Å². The van der Waals surface area contributed by atoms with E-state index < -0.39 is 10.0 Å². The Morgan fingerprint density at radius 3 is 2.34 bits per heavy atom. The standard InChI is InChI=1S/C28H32BrN3O4S.ClH/c29-23-10-12-24(13-11-23)36-27-7-2-1-6-26(27)32-37(34,35)25-14-8-22(9-15-25)28(33)31-18-4-3-5-21-16-19-30-20-17-21;/h1-2,6-15,21,30,32H,3-5,16-20H2,(H,31,33);1H. The Kier molecular flexibility index (Phi) is 11.5. The minimum absolute atomic E-state index is 0. The third-order valence-corrected chi connectivity index (χ3v) is 8.29. The zero-order chi connectivity index (χ0) is 26.1. The molecule has 3 N–H and O–H groups in total. The van der Waals surface area contributed by atoms with Crippen molar-refractivity contribution in [1.29, 1.82) is 0 Å².